The largest absolute Gasteiger partial charge is 0.338 e. The van der Waals surface area contributed by atoms with Crippen molar-refractivity contribution < 1.29 is 0 Å². The second kappa shape index (κ2) is 4.42. The van der Waals surface area contributed by atoms with Gasteiger partial charge in [-0.1, -0.05) is 42.5 Å². The number of aromatic nitrogens is 2. The molecule has 3 heteroatoms. The van der Waals surface area contributed by atoms with Crippen molar-refractivity contribution in [2.45, 2.75) is 0 Å². The van der Waals surface area contributed by atoms with Crippen LogP contribution in [0, 0.1) is 0 Å². The fourth-order valence-corrected chi connectivity index (χ4v) is 4.11. The van der Waals surface area contributed by atoms with Gasteiger partial charge in [0.15, 0.2) is 0 Å². The van der Waals surface area contributed by atoms with Crippen LogP contribution in [-0.4, -0.2) is 9.97 Å². The molecule has 1 N–H and O–H groups in total. The second-order valence-electron chi connectivity index (χ2n) is 5.41. The Balaban J connectivity index is 1.75. The molecule has 0 amide bonds. The molecule has 0 saturated heterocycles. The molecule has 5 aromatic rings. The van der Waals surface area contributed by atoms with Gasteiger partial charge in [0.2, 0.25) is 0 Å². The molecule has 0 atom stereocenters. The summed E-state index contributed by atoms with van der Waals surface area (Å²) in [6.45, 7) is 0. The van der Waals surface area contributed by atoms with Gasteiger partial charge in [0.05, 0.1) is 11.0 Å². The lowest BCUT2D eigenvalue weighted by molar-refractivity contribution is 1.34. The van der Waals surface area contributed by atoms with E-state index in [0.717, 1.165) is 22.4 Å². The Morgan fingerprint density at radius 1 is 0.773 bits per heavy atom. The Morgan fingerprint density at radius 2 is 1.59 bits per heavy atom. The molecule has 2 nitrogen and oxygen atoms in total. The molecular formula is C19H12N2S. The summed E-state index contributed by atoms with van der Waals surface area (Å²) in [4.78, 5) is 8.10. The van der Waals surface area contributed by atoms with E-state index in [0.29, 0.717) is 0 Å². The Morgan fingerprint density at radius 3 is 2.55 bits per heavy atom. The van der Waals surface area contributed by atoms with E-state index in [1.807, 2.05) is 29.5 Å². The smallest absolute Gasteiger partial charge is 0.138 e. The summed E-state index contributed by atoms with van der Waals surface area (Å²) < 4.78 is 2.64. The fraction of sp³-hybridized carbons (Fsp3) is 0. The van der Waals surface area contributed by atoms with Gasteiger partial charge in [-0.3, -0.25) is 0 Å². The van der Waals surface area contributed by atoms with Crippen molar-refractivity contribution in [1.82, 2.24) is 9.97 Å². The van der Waals surface area contributed by atoms with E-state index >= 15 is 0 Å². The summed E-state index contributed by atoms with van der Waals surface area (Å²) >= 11 is 1.84. The number of benzene rings is 3. The quantitative estimate of drug-likeness (QED) is 0.429. The molecule has 0 spiro atoms. The summed E-state index contributed by atoms with van der Waals surface area (Å²) in [5.74, 6) is 0.931. The normalized spacial score (nSPS) is 11.6. The van der Waals surface area contributed by atoms with Gasteiger partial charge in [-0.05, 0) is 24.3 Å². The van der Waals surface area contributed by atoms with Gasteiger partial charge in [-0.2, -0.15) is 0 Å². The summed E-state index contributed by atoms with van der Waals surface area (Å²) in [6, 6.07) is 23.3. The minimum absolute atomic E-state index is 0.931. The molecule has 104 valence electrons. The first-order valence-corrected chi connectivity index (χ1v) is 8.06. The predicted molar refractivity (Wildman–Crippen MR) is 94.4 cm³/mol. The van der Waals surface area contributed by atoms with E-state index in [2.05, 4.69) is 53.5 Å². The van der Waals surface area contributed by atoms with Crippen LogP contribution in [0.2, 0.25) is 0 Å². The first-order valence-electron chi connectivity index (χ1n) is 7.25. The van der Waals surface area contributed by atoms with Crippen molar-refractivity contribution in [3.05, 3.63) is 66.7 Å². The SMILES string of the molecule is c1ccc2[nH]c(-c3ccc4c(c3)sc3ccccc34)nc2c1. The molecule has 0 bridgehead atoms. The Bertz CT molecular complexity index is 1100. The van der Waals surface area contributed by atoms with Crippen molar-refractivity contribution in [3.63, 3.8) is 0 Å². The highest BCUT2D eigenvalue weighted by Crippen LogP contribution is 2.35. The number of H-pyrrole nitrogens is 1. The maximum absolute atomic E-state index is 4.69. The first-order chi connectivity index (χ1) is 10.9. The van der Waals surface area contributed by atoms with Gasteiger partial charge in [0, 0.05) is 25.7 Å². The molecule has 0 radical (unpaired) electrons. The number of hydrogen-bond donors (Lipinski definition) is 1. The van der Waals surface area contributed by atoms with E-state index in [1.165, 1.54) is 20.2 Å². The van der Waals surface area contributed by atoms with Crippen LogP contribution in [0.1, 0.15) is 0 Å². The third kappa shape index (κ3) is 1.69. The number of rotatable bonds is 1. The third-order valence-electron chi connectivity index (χ3n) is 4.04. The van der Waals surface area contributed by atoms with E-state index < -0.39 is 0 Å². The van der Waals surface area contributed by atoms with Crippen molar-refractivity contribution >= 4 is 42.5 Å². The Hall–Kier alpha value is -2.65. The van der Waals surface area contributed by atoms with Crippen LogP contribution in [0.25, 0.3) is 42.6 Å². The number of hydrogen-bond acceptors (Lipinski definition) is 2. The fourth-order valence-electron chi connectivity index (χ4n) is 2.96. The van der Waals surface area contributed by atoms with Crippen molar-refractivity contribution in [2.24, 2.45) is 0 Å². The van der Waals surface area contributed by atoms with Gasteiger partial charge in [-0.25, -0.2) is 4.98 Å². The third-order valence-corrected chi connectivity index (χ3v) is 5.18. The topological polar surface area (TPSA) is 28.7 Å². The van der Waals surface area contributed by atoms with Crippen LogP contribution < -0.4 is 0 Å². The molecule has 0 aliphatic heterocycles. The van der Waals surface area contributed by atoms with Gasteiger partial charge in [0.1, 0.15) is 5.82 Å². The van der Waals surface area contributed by atoms with E-state index in [9.17, 15) is 0 Å². The maximum atomic E-state index is 4.69. The maximum Gasteiger partial charge on any atom is 0.138 e. The lowest BCUT2D eigenvalue weighted by Gasteiger charge is -1.97. The zero-order chi connectivity index (χ0) is 14.5. The first kappa shape index (κ1) is 12.0. The highest BCUT2D eigenvalue weighted by atomic mass is 32.1. The molecular weight excluding hydrogens is 288 g/mol. The van der Waals surface area contributed by atoms with Crippen LogP contribution in [0.5, 0.6) is 0 Å². The Kier molecular flexibility index (Phi) is 2.40. The highest BCUT2D eigenvalue weighted by molar-refractivity contribution is 7.25. The Labute approximate surface area is 131 Å². The summed E-state index contributed by atoms with van der Waals surface area (Å²) in [5.41, 5.74) is 3.22. The lowest BCUT2D eigenvalue weighted by atomic mass is 10.1. The van der Waals surface area contributed by atoms with Crippen LogP contribution in [-0.2, 0) is 0 Å². The zero-order valence-electron chi connectivity index (χ0n) is 11.7. The molecule has 0 aliphatic carbocycles. The number of aromatic amines is 1. The van der Waals surface area contributed by atoms with Gasteiger partial charge < -0.3 is 4.98 Å². The summed E-state index contributed by atoms with van der Waals surface area (Å²) in [5, 5.41) is 2.65. The van der Waals surface area contributed by atoms with Crippen molar-refractivity contribution in [1.29, 1.82) is 0 Å². The number of fused-ring (bicyclic) bond motifs is 4. The van der Waals surface area contributed by atoms with E-state index in [1.54, 1.807) is 0 Å². The molecule has 0 aliphatic rings. The summed E-state index contributed by atoms with van der Waals surface area (Å²) in [7, 11) is 0. The molecule has 0 unspecified atom stereocenters. The molecule has 2 heterocycles. The van der Waals surface area contributed by atoms with Crippen LogP contribution >= 0.6 is 11.3 Å². The number of nitrogens with zero attached hydrogens (tertiary/aromatic N) is 1. The minimum Gasteiger partial charge on any atom is -0.338 e. The average molecular weight is 300 g/mol. The number of nitrogens with one attached hydrogen (secondary N) is 1. The van der Waals surface area contributed by atoms with Crippen LogP contribution in [0.3, 0.4) is 0 Å². The van der Waals surface area contributed by atoms with Crippen LogP contribution in [0.4, 0.5) is 0 Å². The molecule has 0 saturated carbocycles. The number of thiophene rings is 1. The summed E-state index contributed by atoms with van der Waals surface area (Å²) in [6.07, 6.45) is 0. The standard InChI is InChI=1S/C19H12N2S/c1-4-8-17-13(5-1)14-10-9-12(11-18(14)22-17)19-20-15-6-2-3-7-16(15)21-19/h1-11H,(H,20,21). The van der Waals surface area contributed by atoms with Crippen molar-refractivity contribution in [2.75, 3.05) is 0 Å². The lowest BCUT2D eigenvalue weighted by Crippen LogP contribution is -1.79. The van der Waals surface area contributed by atoms with E-state index in [4.69, 9.17) is 4.98 Å². The highest BCUT2D eigenvalue weighted by Gasteiger charge is 2.08. The number of para-hydroxylation sites is 2. The zero-order valence-corrected chi connectivity index (χ0v) is 12.5. The molecule has 0 fully saturated rings. The van der Waals surface area contributed by atoms with Crippen molar-refractivity contribution in [3.8, 4) is 11.4 Å². The van der Waals surface area contributed by atoms with Gasteiger partial charge in [-0.15, -0.1) is 11.3 Å². The molecule has 5 rings (SSSR count). The van der Waals surface area contributed by atoms with Crippen LogP contribution in [0.15, 0.2) is 66.7 Å². The average Bonchev–Trinajstić information content (AvgIpc) is 3.15. The molecule has 3 aromatic carbocycles. The second-order valence-corrected chi connectivity index (χ2v) is 6.50. The predicted octanol–water partition coefficient (Wildman–Crippen LogP) is 5.60. The van der Waals surface area contributed by atoms with E-state index in [-0.39, 0.29) is 0 Å². The number of imidazole rings is 1. The minimum atomic E-state index is 0.931. The monoisotopic (exact) mass is 300 g/mol. The molecule has 2 aromatic heterocycles. The van der Waals surface area contributed by atoms with Gasteiger partial charge in [0.25, 0.3) is 0 Å². The molecule has 22 heavy (non-hydrogen) atoms. The van der Waals surface area contributed by atoms with Gasteiger partial charge >= 0.3 is 0 Å².